The standard InChI is InChI=1S/C26H25ClN2O3/c1-4-32-23-10-7-17(13-24(23)31-3)25-20(14-28)15(2)29-21-11-18(12-22(30)26(21)25)16-5-8-19(27)9-6-16/h5-10,13,18,20,25H,4,11-12H2,1-3H3/t18-,20?,25+/m1/s1. The van der Waals surface area contributed by atoms with Gasteiger partial charge < -0.3 is 9.47 Å². The fourth-order valence-corrected chi connectivity index (χ4v) is 4.84. The third-order valence-electron chi connectivity index (χ3n) is 6.22. The molecule has 1 aliphatic carbocycles. The number of ether oxygens (including phenoxy) is 2. The van der Waals surface area contributed by atoms with Gasteiger partial charge in [0.2, 0.25) is 0 Å². The van der Waals surface area contributed by atoms with Crippen molar-refractivity contribution >= 4 is 23.1 Å². The van der Waals surface area contributed by atoms with Gasteiger partial charge in [-0.3, -0.25) is 9.79 Å². The van der Waals surface area contributed by atoms with Gasteiger partial charge in [-0.25, -0.2) is 0 Å². The monoisotopic (exact) mass is 448 g/mol. The number of hydrogen-bond acceptors (Lipinski definition) is 5. The Morgan fingerprint density at radius 3 is 2.50 bits per heavy atom. The molecule has 0 spiro atoms. The number of allylic oxidation sites excluding steroid dienone is 2. The molecule has 32 heavy (non-hydrogen) atoms. The highest BCUT2D eigenvalue weighted by Crippen LogP contribution is 2.47. The van der Waals surface area contributed by atoms with Crippen LogP contribution < -0.4 is 9.47 Å². The average molecular weight is 449 g/mol. The number of carbonyl (C=O) groups excluding carboxylic acids is 1. The molecule has 3 atom stereocenters. The predicted octanol–water partition coefficient (Wildman–Crippen LogP) is 5.85. The normalized spacial score (nSPS) is 22.7. The number of methoxy groups -OCH3 is 1. The molecule has 1 heterocycles. The average Bonchev–Trinajstić information content (AvgIpc) is 2.79. The summed E-state index contributed by atoms with van der Waals surface area (Å²) in [6.07, 6.45) is 1.04. The Bertz CT molecular complexity index is 1140. The zero-order chi connectivity index (χ0) is 22.8. The minimum absolute atomic E-state index is 0.0422. The van der Waals surface area contributed by atoms with Crippen LogP contribution in [0.15, 0.2) is 58.7 Å². The van der Waals surface area contributed by atoms with Crippen LogP contribution in [0.3, 0.4) is 0 Å². The Balaban J connectivity index is 1.77. The van der Waals surface area contributed by atoms with Gasteiger partial charge in [-0.2, -0.15) is 5.26 Å². The summed E-state index contributed by atoms with van der Waals surface area (Å²) in [6.45, 7) is 4.30. The van der Waals surface area contributed by atoms with Crippen LogP contribution in [0.25, 0.3) is 0 Å². The summed E-state index contributed by atoms with van der Waals surface area (Å²) in [6, 6.07) is 15.7. The van der Waals surface area contributed by atoms with E-state index >= 15 is 0 Å². The van der Waals surface area contributed by atoms with Crippen LogP contribution in [0.4, 0.5) is 0 Å². The van der Waals surface area contributed by atoms with Crippen LogP contribution in [-0.4, -0.2) is 25.2 Å². The molecular weight excluding hydrogens is 424 g/mol. The number of aliphatic imine (C=N–C) groups is 1. The number of hydrogen-bond donors (Lipinski definition) is 0. The van der Waals surface area contributed by atoms with Crippen molar-refractivity contribution in [3.05, 3.63) is 69.9 Å². The Labute approximate surface area is 193 Å². The number of nitriles is 1. The first kappa shape index (κ1) is 22.1. The first-order valence-corrected chi connectivity index (χ1v) is 11.1. The van der Waals surface area contributed by atoms with E-state index in [9.17, 15) is 10.1 Å². The Hall–Kier alpha value is -3.10. The highest BCUT2D eigenvalue weighted by molar-refractivity contribution is 6.30. The summed E-state index contributed by atoms with van der Waals surface area (Å²) in [5.41, 5.74) is 4.09. The Kier molecular flexibility index (Phi) is 6.34. The van der Waals surface area contributed by atoms with Gasteiger partial charge in [-0.1, -0.05) is 29.8 Å². The number of ketones is 1. The highest BCUT2D eigenvalue weighted by atomic mass is 35.5. The maximum absolute atomic E-state index is 13.4. The minimum Gasteiger partial charge on any atom is -0.493 e. The molecule has 0 aromatic heterocycles. The van der Waals surface area contributed by atoms with Gasteiger partial charge in [0.05, 0.1) is 25.7 Å². The summed E-state index contributed by atoms with van der Waals surface area (Å²) < 4.78 is 11.2. The van der Waals surface area contributed by atoms with E-state index in [0.717, 1.165) is 22.5 Å². The van der Waals surface area contributed by atoms with E-state index in [4.69, 9.17) is 26.1 Å². The van der Waals surface area contributed by atoms with E-state index in [1.165, 1.54) is 0 Å². The zero-order valence-electron chi connectivity index (χ0n) is 18.4. The molecule has 164 valence electrons. The second-order valence-electron chi connectivity index (χ2n) is 8.12. The number of Topliss-reactive ketones (excluding diaryl/α,β-unsaturated/α-hetero) is 1. The number of nitrogens with zero attached hydrogens (tertiary/aromatic N) is 2. The van der Waals surface area contributed by atoms with Gasteiger partial charge in [0.25, 0.3) is 0 Å². The molecule has 2 aliphatic rings. The number of benzene rings is 2. The molecule has 1 unspecified atom stereocenters. The largest absolute Gasteiger partial charge is 0.493 e. The van der Waals surface area contributed by atoms with Crippen molar-refractivity contribution in [3.8, 4) is 17.6 Å². The fourth-order valence-electron chi connectivity index (χ4n) is 4.71. The fraction of sp³-hybridized carbons (Fsp3) is 0.346. The molecule has 2 aromatic carbocycles. The minimum atomic E-state index is -0.507. The predicted molar refractivity (Wildman–Crippen MR) is 125 cm³/mol. The first-order valence-electron chi connectivity index (χ1n) is 10.7. The molecule has 0 saturated heterocycles. The van der Waals surface area contributed by atoms with E-state index in [1.54, 1.807) is 7.11 Å². The van der Waals surface area contributed by atoms with Crippen molar-refractivity contribution < 1.29 is 14.3 Å². The van der Waals surface area contributed by atoms with Crippen molar-refractivity contribution in [2.45, 2.75) is 38.5 Å². The van der Waals surface area contributed by atoms with Crippen molar-refractivity contribution in [3.63, 3.8) is 0 Å². The highest BCUT2D eigenvalue weighted by Gasteiger charge is 2.41. The summed E-state index contributed by atoms with van der Waals surface area (Å²) in [7, 11) is 1.59. The second-order valence-corrected chi connectivity index (χ2v) is 8.56. The van der Waals surface area contributed by atoms with E-state index in [-0.39, 0.29) is 17.6 Å². The van der Waals surface area contributed by atoms with Gasteiger partial charge >= 0.3 is 0 Å². The molecule has 1 aliphatic heterocycles. The Morgan fingerprint density at radius 2 is 1.84 bits per heavy atom. The second kappa shape index (κ2) is 9.18. The molecule has 5 nitrogen and oxygen atoms in total. The molecule has 0 N–H and O–H groups in total. The first-order chi connectivity index (χ1) is 15.5. The van der Waals surface area contributed by atoms with Gasteiger partial charge in [-0.05, 0) is 61.6 Å². The lowest BCUT2D eigenvalue weighted by molar-refractivity contribution is -0.116. The van der Waals surface area contributed by atoms with E-state index in [1.807, 2.05) is 56.3 Å². The molecule has 0 saturated carbocycles. The molecule has 2 aromatic rings. The number of halogens is 1. The van der Waals surface area contributed by atoms with E-state index < -0.39 is 5.92 Å². The lowest BCUT2D eigenvalue weighted by Crippen LogP contribution is -2.32. The molecular formula is C26H25ClN2O3. The maximum Gasteiger partial charge on any atom is 0.161 e. The van der Waals surface area contributed by atoms with Crippen LogP contribution in [-0.2, 0) is 4.79 Å². The maximum atomic E-state index is 13.4. The molecule has 6 heteroatoms. The molecule has 4 rings (SSSR count). The molecule has 0 amide bonds. The van der Waals surface area contributed by atoms with Crippen LogP contribution in [0.2, 0.25) is 5.02 Å². The lowest BCUT2D eigenvalue weighted by Gasteiger charge is -2.35. The Morgan fingerprint density at radius 1 is 1.12 bits per heavy atom. The summed E-state index contributed by atoms with van der Waals surface area (Å²) in [4.78, 5) is 18.2. The van der Waals surface area contributed by atoms with E-state index in [2.05, 4.69) is 6.07 Å². The quantitative estimate of drug-likeness (QED) is 0.575. The molecule has 0 bridgehead atoms. The third-order valence-corrected chi connectivity index (χ3v) is 6.47. The van der Waals surface area contributed by atoms with Crippen molar-refractivity contribution in [1.29, 1.82) is 5.26 Å². The van der Waals surface area contributed by atoms with E-state index in [0.29, 0.717) is 41.5 Å². The third kappa shape index (κ3) is 4.03. The number of carbonyl (C=O) groups is 1. The molecule has 0 fully saturated rings. The van der Waals surface area contributed by atoms with Crippen LogP contribution in [0, 0.1) is 17.2 Å². The smallest absolute Gasteiger partial charge is 0.161 e. The van der Waals surface area contributed by atoms with Crippen molar-refractivity contribution in [2.24, 2.45) is 10.9 Å². The summed E-state index contributed by atoms with van der Waals surface area (Å²) in [5, 5.41) is 10.6. The zero-order valence-corrected chi connectivity index (χ0v) is 19.1. The van der Waals surface area contributed by atoms with Gasteiger partial charge in [-0.15, -0.1) is 0 Å². The van der Waals surface area contributed by atoms with Crippen LogP contribution in [0.1, 0.15) is 49.7 Å². The van der Waals surface area contributed by atoms with Crippen molar-refractivity contribution in [2.75, 3.05) is 13.7 Å². The van der Waals surface area contributed by atoms with Gasteiger partial charge in [0.1, 0.15) is 0 Å². The van der Waals surface area contributed by atoms with Gasteiger partial charge in [0, 0.05) is 34.3 Å². The van der Waals surface area contributed by atoms with Crippen molar-refractivity contribution in [1.82, 2.24) is 0 Å². The van der Waals surface area contributed by atoms with Crippen LogP contribution in [0.5, 0.6) is 11.5 Å². The summed E-state index contributed by atoms with van der Waals surface area (Å²) >= 11 is 6.04. The lowest BCUT2D eigenvalue weighted by atomic mass is 9.69. The topological polar surface area (TPSA) is 71.7 Å². The molecule has 0 radical (unpaired) electrons. The van der Waals surface area contributed by atoms with Crippen LogP contribution >= 0.6 is 11.6 Å². The SMILES string of the molecule is CCOc1ccc([C@@H]2C3=C(C[C@@H](c4ccc(Cl)cc4)CC3=O)N=C(C)C2C#N)cc1OC. The van der Waals surface area contributed by atoms with Gasteiger partial charge in [0.15, 0.2) is 17.3 Å². The summed E-state index contributed by atoms with van der Waals surface area (Å²) in [5.74, 6) is 0.430. The number of rotatable bonds is 5.